The van der Waals surface area contributed by atoms with Gasteiger partial charge in [-0.1, -0.05) is 41.7 Å². The van der Waals surface area contributed by atoms with Gasteiger partial charge in [0, 0.05) is 39.8 Å². The maximum atomic E-state index is 15.3. The lowest BCUT2D eigenvalue weighted by Gasteiger charge is -2.33. The highest BCUT2D eigenvalue weighted by Crippen LogP contribution is 2.41. The molecular weight excluding hydrogens is 695 g/mol. The van der Waals surface area contributed by atoms with Crippen LogP contribution in [0.5, 0.6) is 0 Å². The van der Waals surface area contributed by atoms with Crippen molar-refractivity contribution < 1.29 is 35.8 Å². The van der Waals surface area contributed by atoms with Crippen molar-refractivity contribution >= 4 is 47.7 Å². The summed E-state index contributed by atoms with van der Waals surface area (Å²) >= 11 is 1.26. The predicted molar refractivity (Wildman–Crippen MR) is 184 cm³/mol. The van der Waals surface area contributed by atoms with Crippen LogP contribution in [0.3, 0.4) is 0 Å². The lowest BCUT2D eigenvalue weighted by atomic mass is 9.81. The molecule has 10 nitrogen and oxygen atoms in total. The summed E-state index contributed by atoms with van der Waals surface area (Å²) < 4.78 is 35.2. The Balaban J connectivity index is 0.00000325. The van der Waals surface area contributed by atoms with Crippen LogP contribution in [-0.4, -0.2) is 53.1 Å². The number of β-amino-alcohol motifs (C(OH)–C–C–N with tert-alkyl or cyclic N) is 1. The molecule has 1 aromatic heterocycles. The zero-order valence-electron chi connectivity index (χ0n) is 26.9. The Labute approximate surface area is 299 Å². The number of hydrogen-bond donors (Lipinski definition) is 3. The van der Waals surface area contributed by atoms with E-state index in [9.17, 15) is 14.3 Å². The van der Waals surface area contributed by atoms with Crippen LogP contribution in [0.2, 0.25) is 0 Å². The summed E-state index contributed by atoms with van der Waals surface area (Å²) in [7, 11) is 1.81. The molecule has 0 bridgehead atoms. The normalized spacial score (nSPS) is 14.4. The zero-order chi connectivity index (χ0) is 33.7. The minimum atomic E-state index is -2.02. The van der Waals surface area contributed by atoms with E-state index in [0.29, 0.717) is 28.5 Å². The van der Waals surface area contributed by atoms with E-state index in [2.05, 4.69) is 31.8 Å². The van der Waals surface area contributed by atoms with E-state index in [1.54, 1.807) is 49.6 Å². The molecule has 3 atom stereocenters. The van der Waals surface area contributed by atoms with Crippen LogP contribution >= 0.6 is 23.7 Å². The van der Waals surface area contributed by atoms with Gasteiger partial charge in [0.15, 0.2) is 6.10 Å². The van der Waals surface area contributed by atoms with Gasteiger partial charge in [-0.25, -0.2) is 18.6 Å². The second-order valence-electron chi connectivity index (χ2n) is 11.2. The lowest BCUT2D eigenvalue weighted by Crippen LogP contribution is -3.00. The molecule has 49 heavy (non-hydrogen) atoms. The minimum absolute atomic E-state index is 0. The van der Waals surface area contributed by atoms with Gasteiger partial charge in [-0.05, 0) is 62.9 Å². The number of amidine groups is 1. The van der Waals surface area contributed by atoms with Gasteiger partial charge >= 0.3 is 11.9 Å². The number of anilines is 1. The number of aliphatic hydroxyl groups is 1. The lowest BCUT2D eigenvalue weighted by molar-refractivity contribution is -0.00830. The summed E-state index contributed by atoms with van der Waals surface area (Å²) in [6.45, 7) is 5.46. The van der Waals surface area contributed by atoms with Gasteiger partial charge in [0.05, 0.1) is 22.3 Å². The van der Waals surface area contributed by atoms with Crippen molar-refractivity contribution in [2.24, 2.45) is 5.10 Å². The number of hydrazone groups is 1. The first-order valence-corrected chi connectivity index (χ1v) is 15.6. The molecule has 257 valence electrons. The van der Waals surface area contributed by atoms with Gasteiger partial charge in [0.25, 0.3) is 6.34 Å². The number of nitrogens with one attached hydrogen (secondary N) is 2. The molecule has 1 aliphatic heterocycles. The number of hydrogen-bond acceptors (Lipinski definition) is 10. The van der Waals surface area contributed by atoms with Gasteiger partial charge in [-0.15, -0.1) is 28.8 Å². The molecule has 1 aliphatic rings. The highest BCUT2D eigenvalue weighted by Gasteiger charge is 2.46. The van der Waals surface area contributed by atoms with E-state index in [0.717, 1.165) is 34.9 Å². The molecule has 1 radical (unpaired) electrons. The molecule has 1 amide bonds. The van der Waals surface area contributed by atoms with Crippen LogP contribution < -0.4 is 28.0 Å². The first-order valence-electron chi connectivity index (χ1n) is 14.8. The number of carbonyl (C=O) groups excluding carboxylic acids is 1. The number of halogens is 4. The number of nitrogens with zero attached hydrogens (tertiary/aromatic N) is 5. The first-order chi connectivity index (χ1) is 22.5. The Morgan fingerprint density at radius 1 is 1.16 bits per heavy atom. The van der Waals surface area contributed by atoms with E-state index in [1.807, 2.05) is 26.1 Å². The Kier molecular flexibility index (Phi) is 13.4. The Bertz CT molecular complexity index is 1880. The topological polar surface area (TPSA) is 137 Å². The van der Waals surface area contributed by atoms with Crippen molar-refractivity contribution in [1.82, 2.24) is 20.3 Å². The second-order valence-corrected chi connectivity index (χ2v) is 12.1. The highest BCUT2D eigenvalue weighted by atomic mass is 35.5. The second kappa shape index (κ2) is 16.8. The number of ether oxygens (including phenoxy) is 1. The van der Waals surface area contributed by atoms with Crippen molar-refractivity contribution in [2.75, 3.05) is 18.9 Å². The Hall–Kier alpha value is -4.45. The number of thiazole rings is 1. The summed E-state index contributed by atoms with van der Waals surface area (Å²) in [6.07, 6.45) is -0.250. The third-order valence-corrected chi connectivity index (χ3v) is 8.81. The van der Waals surface area contributed by atoms with Crippen LogP contribution in [0.15, 0.2) is 71.1 Å². The average Bonchev–Trinajstić information content (AvgIpc) is 3.74. The van der Waals surface area contributed by atoms with Gasteiger partial charge in [-0.2, -0.15) is 5.26 Å². The van der Waals surface area contributed by atoms with Crippen LogP contribution in [-0.2, 0) is 16.9 Å². The van der Waals surface area contributed by atoms with Crippen molar-refractivity contribution in [2.45, 2.75) is 44.9 Å². The van der Waals surface area contributed by atoms with E-state index in [-0.39, 0.29) is 42.8 Å². The highest BCUT2D eigenvalue weighted by molar-refractivity contribution is 7.10. The molecule has 0 spiro atoms. The summed E-state index contributed by atoms with van der Waals surface area (Å²) in [5.74, 6) is -2.20. The van der Waals surface area contributed by atoms with E-state index < -0.39 is 35.4 Å². The summed E-state index contributed by atoms with van der Waals surface area (Å²) in [4.78, 5) is 21.7. The summed E-state index contributed by atoms with van der Waals surface area (Å²) in [5, 5.41) is 35.1. The SMILES string of the molecule is CNCc1cc(C)ccc1NC(=O)OC(C)C1=NN(C[C@](O)(c2cc(F)ccc2F)[C@@H](C)c2nc(-c3ccc(C#N)cc3)cs2)C=[N+]1.Cl.[Cl-]. The minimum Gasteiger partial charge on any atom is -1.00 e. The first kappa shape index (κ1) is 39.0. The fraction of sp³-hybridized carbons (Fsp3) is 0.265. The Morgan fingerprint density at radius 3 is 2.59 bits per heavy atom. The largest absolute Gasteiger partial charge is 1.00 e. The van der Waals surface area contributed by atoms with Crippen molar-refractivity contribution in [1.29, 1.82) is 5.26 Å². The number of benzene rings is 3. The summed E-state index contributed by atoms with van der Waals surface area (Å²) in [5.41, 5.74) is 2.13. The van der Waals surface area contributed by atoms with Gasteiger partial charge in [0.2, 0.25) is 0 Å². The monoisotopic (exact) mass is 728 g/mol. The number of nitriles is 1. The number of amides is 1. The quantitative estimate of drug-likeness (QED) is 0.216. The van der Waals surface area contributed by atoms with Crippen molar-refractivity contribution in [3.8, 4) is 17.3 Å². The molecule has 2 heterocycles. The van der Waals surface area contributed by atoms with Crippen LogP contribution in [0.25, 0.3) is 11.3 Å². The third kappa shape index (κ3) is 8.97. The fourth-order valence-electron chi connectivity index (χ4n) is 5.18. The molecule has 0 saturated heterocycles. The third-order valence-electron chi connectivity index (χ3n) is 7.78. The molecule has 0 aliphatic carbocycles. The average molecular weight is 730 g/mol. The molecule has 3 N–H and O–H groups in total. The number of aromatic nitrogens is 1. The Morgan fingerprint density at radius 2 is 1.90 bits per heavy atom. The molecule has 5 rings (SSSR count). The van der Waals surface area contributed by atoms with Crippen LogP contribution in [0.1, 0.15) is 47.0 Å². The number of aliphatic imine (C=N–C) groups is 1. The molecule has 4 aromatic rings. The van der Waals surface area contributed by atoms with E-state index in [4.69, 9.17) is 10.00 Å². The van der Waals surface area contributed by atoms with Gasteiger partial charge in [-0.3, -0.25) is 5.32 Å². The molecule has 1 unspecified atom stereocenters. The molecule has 0 fully saturated rings. The van der Waals surface area contributed by atoms with Crippen LogP contribution in [0, 0.1) is 29.9 Å². The van der Waals surface area contributed by atoms with Crippen molar-refractivity contribution in [3.63, 3.8) is 0 Å². The summed E-state index contributed by atoms with van der Waals surface area (Å²) in [6, 6.07) is 17.5. The number of aryl methyl sites for hydroxylation is 1. The zero-order valence-corrected chi connectivity index (χ0v) is 29.3. The molecule has 15 heteroatoms. The molecular formula is C34H34Cl2F2N7O3S. The standard InChI is InChI=1S/C34H33F2N7O3S.2ClH/c1-20-5-12-29(25(13-20)16-38-4)41-33(44)46-22(3)31-39-19-43(42-31)18-34(45,27-14-26(35)10-11-28(27)36)21(2)32-40-30(17-47-32)24-8-6-23(15-37)7-9-24;;/h5-14,17,19,21-22,38,45H,16,18H2,1-4H3,(H,41,44);2*1H/q+1;;/p-1/t21-,22?,34+;;/m0../s1. The fourth-order valence-corrected chi connectivity index (χ4v) is 6.15. The predicted octanol–water partition coefficient (Wildman–Crippen LogP) is 3.04. The maximum Gasteiger partial charge on any atom is 0.412 e. The van der Waals surface area contributed by atoms with Crippen molar-refractivity contribution in [3.05, 3.63) is 105 Å². The number of carbonyl (C=O) groups is 1. The maximum absolute atomic E-state index is 15.3. The van der Waals surface area contributed by atoms with Gasteiger partial charge < -0.3 is 27.6 Å². The smallest absolute Gasteiger partial charge is 0.412 e. The molecule has 3 aromatic carbocycles. The number of rotatable bonds is 11. The van der Waals surface area contributed by atoms with Crippen LogP contribution in [0.4, 0.5) is 19.3 Å². The molecule has 0 saturated carbocycles. The van der Waals surface area contributed by atoms with E-state index in [1.165, 1.54) is 22.7 Å². The van der Waals surface area contributed by atoms with Gasteiger partial charge in [0.1, 0.15) is 23.8 Å². The van der Waals surface area contributed by atoms with E-state index >= 15 is 4.39 Å².